The first-order valence-electron chi connectivity index (χ1n) is 5.83. The number of benzene rings is 1. The van der Waals surface area contributed by atoms with Gasteiger partial charge >= 0.3 is 0 Å². The molecule has 1 aromatic carbocycles. The third-order valence-corrected chi connectivity index (χ3v) is 2.71. The minimum Gasteiger partial charge on any atom is -0.357 e. The van der Waals surface area contributed by atoms with Gasteiger partial charge in [0.15, 0.2) is 0 Å². The van der Waals surface area contributed by atoms with Crippen LogP contribution in [0.15, 0.2) is 18.2 Å². The van der Waals surface area contributed by atoms with Gasteiger partial charge in [-0.3, -0.25) is 0 Å². The highest BCUT2D eigenvalue weighted by Crippen LogP contribution is 2.22. The van der Waals surface area contributed by atoms with Crippen LogP contribution in [0.2, 0.25) is 5.02 Å². The van der Waals surface area contributed by atoms with Crippen molar-refractivity contribution in [1.82, 2.24) is 15.0 Å². The normalized spacial score (nSPS) is 10.2. The Morgan fingerprint density at radius 3 is 2.45 bits per heavy atom. The zero-order chi connectivity index (χ0) is 14.7. The summed E-state index contributed by atoms with van der Waals surface area (Å²) >= 11 is 5.73. The van der Waals surface area contributed by atoms with Crippen molar-refractivity contribution in [3.63, 3.8) is 0 Å². The van der Waals surface area contributed by atoms with Gasteiger partial charge in [0.1, 0.15) is 5.82 Å². The lowest BCUT2D eigenvalue weighted by Crippen LogP contribution is -2.15. The molecule has 0 spiro atoms. The molecule has 0 aliphatic heterocycles. The van der Waals surface area contributed by atoms with E-state index in [1.165, 1.54) is 12.1 Å². The quantitative estimate of drug-likeness (QED) is 0.904. The van der Waals surface area contributed by atoms with Crippen LogP contribution in [0.1, 0.15) is 0 Å². The van der Waals surface area contributed by atoms with E-state index in [-0.39, 0.29) is 5.02 Å². The van der Waals surface area contributed by atoms with Crippen LogP contribution in [0.25, 0.3) is 0 Å². The monoisotopic (exact) mass is 296 g/mol. The van der Waals surface area contributed by atoms with E-state index in [1.807, 2.05) is 14.1 Å². The number of anilines is 4. The van der Waals surface area contributed by atoms with E-state index in [2.05, 4.69) is 25.6 Å². The third-order valence-electron chi connectivity index (χ3n) is 2.42. The van der Waals surface area contributed by atoms with Crippen molar-refractivity contribution in [2.45, 2.75) is 0 Å². The molecule has 0 amide bonds. The fourth-order valence-electron chi connectivity index (χ4n) is 1.44. The van der Waals surface area contributed by atoms with Crippen LogP contribution < -0.4 is 15.5 Å². The molecule has 0 aliphatic rings. The molecular formula is C12H14ClFN6. The van der Waals surface area contributed by atoms with Gasteiger partial charge in [-0.2, -0.15) is 15.0 Å². The number of nitrogens with zero attached hydrogens (tertiary/aromatic N) is 4. The highest BCUT2D eigenvalue weighted by Gasteiger charge is 2.08. The zero-order valence-electron chi connectivity index (χ0n) is 11.3. The van der Waals surface area contributed by atoms with E-state index in [4.69, 9.17) is 11.6 Å². The molecule has 106 valence electrons. The van der Waals surface area contributed by atoms with Crippen molar-refractivity contribution in [1.29, 1.82) is 0 Å². The Morgan fingerprint density at radius 1 is 1.15 bits per heavy atom. The summed E-state index contributed by atoms with van der Waals surface area (Å²) in [5, 5.41) is 5.85. The molecule has 0 atom stereocenters. The third kappa shape index (κ3) is 3.24. The predicted octanol–water partition coefficient (Wildman–Crippen LogP) is 2.52. The molecule has 2 N–H and O–H groups in total. The fraction of sp³-hybridized carbons (Fsp3) is 0.250. The molecule has 0 radical (unpaired) electrons. The molecule has 1 aromatic heterocycles. The van der Waals surface area contributed by atoms with Gasteiger partial charge in [-0.05, 0) is 18.2 Å². The number of halogens is 2. The molecule has 8 heteroatoms. The molecule has 2 rings (SSSR count). The van der Waals surface area contributed by atoms with Crippen molar-refractivity contribution in [2.24, 2.45) is 0 Å². The molecule has 0 saturated carbocycles. The number of hydrogen-bond donors (Lipinski definition) is 2. The Morgan fingerprint density at radius 2 is 1.85 bits per heavy atom. The minimum absolute atomic E-state index is 0.0331. The van der Waals surface area contributed by atoms with Gasteiger partial charge in [0.2, 0.25) is 17.8 Å². The van der Waals surface area contributed by atoms with Crippen LogP contribution in [0.4, 0.5) is 27.9 Å². The summed E-state index contributed by atoms with van der Waals surface area (Å²) in [5.41, 5.74) is 0.592. The van der Waals surface area contributed by atoms with Crippen molar-refractivity contribution in [2.75, 3.05) is 36.7 Å². The Labute approximate surface area is 121 Å². The Kier molecular flexibility index (Phi) is 4.19. The van der Waals surface area contributed by atoms with Crippen molar-refractivity contribution >= 4 is 35.1 Å². The summed E-state index contributed by atoms with van der Waals surface area (Å²) < 4.78 is 13.1. The van der Waals surface area contributed by atoms with E-state index in [0.29, 0.717) is 23.5 Å². The largest absolute Gasteiger partial charge is 0.357 e. The van der Waals surface area contributed by atoms with E-state index in [9.17, 15) is 4.39 Å². The van der Waals surface area contributed by atoms with Gasteiger partial charge in [-0.25, -0.2) is 4.39 Å². The number of aromatic nitrogens is 3. The second kappa shape index (κ2) is 5.87. The summed E-state index contributed by atoms with van der Waals surface area (Å²) in [6, 6.07) is 4.30. The molecule has 2 aromatic rings. The fourth-order valence-corrected chi connectivity index (χ4v) is 1.62. The molecule has 0 fully saturated rings. The number of nitrogens with one attached hydrogen (secondary N) is 2. The lowest BCUT2D eigenvalue weighted by Gasteiger charge is -2.13. The van der Waals surface area contributed by atoms with Crippen LogP contribution in [0.5, 0.6) is 0 Å². The zero-order valence-corrected chi connectivity index (χ0v) is 12.0. The maximum Gasteiger partial charge on any atom is 0.233 e. The Bertz CT molecular complexity index is 619. The molecule has 1 heterocycles. The summed E-state index contributed by atoms with van der Waals surface area (Å²) in [6.45, 7) is 0. The van der Waals surface area contributed by atoms with Crippen molar-refractivity contribution < 1.29 is 4.39 Å². The first-order chi connectivity index (χ1) is 9.49. The number of hydrogen-bond acceptors (Lipinski definition) is 6. The van der Waals surface area contributed by atoms with E-state index in [1.54, 1.807) is 18.0 Å². The smallest absolute Gasteiger partial charge is 0.233 e. The first kappa shape index (κ1) is 14.3. The van der Waals surface area contributed by atoms with Crippen LogP contribution >= 0.6 is 11.6 Å². The van der Waals surface area contributed by atoms with E-state index in [0.717, 1.165) is 0 Å². The highest BCUT2D eigenvalue weighted by molar-refractivity contribution is 6.31. The lowest BCUT2D eigenvalue weighted by molar-refractivity contribution is 0.628. The molecule has 0 saturated heterocycles. The van der Waals surface area contributed by atoms with E-state index < -0.39 is 5.82 Å². The summed E-state index contributed by atoms with van der Waals surface area (Å²) in [7, 11) is 5.37. The second-order valence-electron chi connectivity index (χ2n) is 4.18. The lowest BCUT2D eigenvalue weighted by atomic mass is 10.3. The van der Waals surface area contributed by atoms with Crippen molar-refractivity contribution in [3.05, 3.63) is 29.0 Å². The van der Waals surface area contributed by atoms with Crippen molar-refractivity contribution in [3.8, 4) is 0 Å². The van der Waals surface area contributed by atoms with Crippen LogP contribution in [0.3, 0.4) is 0 Å². The average Bonchev–Trinajstić information content (AvgIpc) is 2.42. The first-order valence-corrected chi connectivity index (χ1v) is 6.20. The second-order valence-corrected chi connectivity index (χ2v) is 4.59. The van der Waals surface area contributed by atoms with Crippen LogP contribution in [0, 0.1) is 5.82 Å². The predicted molar refractivity (Wildman–Crippen MR) is 78.4 cm³/mol. The minimum atomic E-state index is -0.474. The average molecular weight is 297 g/mol. The van der Waals surface area contributed by atoms with Crippen LogP contribution in [-0.2, 0) is 0 Å². The molecule has 6 nitrogen and oxygen atoms in total. The summed E-state index contributed by atoms with van der Waals surface area (Å²) in [5.74, 6) is 0.799. The SMILES string of the molecule is CNc1nc(Nc2ccc(F)c(Cl)c2)nc(N(C)C)n1. The number of rotatable bonds is 4. The van der Waals surface area contributed by atoms with Gasteiger partial charge < -0.3 is 15.5 Å². The van der Waals surface area contributed by atoms with Gasteiger partial charge in [-0.1, -0.05) is 11.6 Å². The van der Waals surface area contributed by atoms with Gasteiger partial charge in [0, 0.05) is 26.8 Å². The summed E-state index contributed by atoms with van der Waals surface area (Å²) in [4.78, 5) is 14.4. The topological polar surface area (TPSA) is 66.0 Å². The maximum atomic E-state index is 13.1. The van der Waals surface area contributed by atoms with E-state index >= 15 is 0 Å². The molecular weight excluding hydrogens is 283 g/mol. The summed E-state index contributed by atoms with van der Waals surface area (Å²) in [6.07, 6.45) is 0. The Hall–Kier alpha value is -2.15. The van der Waals surface area contributed by atoms with Gasteiger partial charge in [0.05, 0.1) is 5.02 Å². The van der Waals surface area contributed by atoms with Gasteiger partial charge in [0.25, 0.3) is 0 Å². The molecule has 0 unspecified atom stereocenters. The highest BCUT2D eigenvalue weighted by atomic mass is 35.5. The maximum absolute atomic E-state index is 13.1. The molecule has 20 heavy (non-hydrogen) atoms. The Balaban J connectivity index is 2.32. The molecule has 0 bridgehead atoms. The van der Waals surface area contributed by atoms with Gasteiger partial charge in [-0.15, -0.1) is 0 Å². The molecule has 0 aliphatic carbocycles. The standard InChI is InChI=1S/C12H14ClFN6/c1-15-10-17-11(19-12(18-10)20(2)3)16-7-4-5-9(14)8(13)6-7/h4-6H,1-3H3,(H2,15,16,17,18,19). The van der Waals surface area contributed by atoms with Crippen LogP contribution in [-0.4, -0.2) is 36.1 Å².